The molecule has 0 aromatic carbocycles. The molecule has 0 saturated carbocycles. The lowest BCUT2D eigenvalue weighted by molar-refractivity contribution is -0.141. The van der Waals surface area contributed by atoms with Crippen molar-refractivity contribution in [2.45, 2.75) is 40.2 Å². The molecule has 0 radical (unpaired) electrons. The number of hydrogen-bond donors (Lipinski definition) is 1. The van der Waals surface area contributed by atoms with Crippen LogP contribution in [-0.2, 0) is 4.79 Å². The lowest BCUT2D eigenvalue weighted by atomic mass is 9.90. The maximum atomic E-state index is 11.9. The zero-order valence-electron chi connectivity index (χ0n) is 9.71. The second-order valence-corrected chi connectivity index (χ2v) is 5.43. The molecule has 0 aromatic heterocycles. The third kappa shape index (κ3) is 2.47. The zero-order valence-corrected chi connectivity index (χ0v) is 9.71. The normalized spacial score (nSPS) is 29.1. The van der Waals surface area contributed by atoms with Gasteiger partial charge in [-0.25, -0.2) is 0 Å². The molecule has 82 valence electrons. The molecule has 1 heterocycles. The highest BCUT2D eigenvalue weighted by molar-refractivity contribution is 5.81. The highest BCUT2D eigenvalue weighted by Crippen LogP contribution is 2.22. The largest absolute Gasteiger partial charge is 0.341 e. The fourth-order valence-electron chi connectivity index (χ4n) is 1.76. The number of amides is 1. The standard InChI is InChI=1S/C11H22N2O/c1-8-5-6-13(7-9(8)12)10(14)11(2,3)4/h8-9H,5-7,12H2,1-4H3. The summed E-state index contributed by atoms with van der Waals surface area (Å²) in [5.74, 6) is 0.763. The highest BCUT2D eigenvalue weighted by Gasteiger charge is 2.32. The second kappa shape index (κ2) is 3.89. The van der Waals surface area contributed by atoms with Gasteiger partial charge in [0.1, 0.15) is 0 Å². The molecule has 1 rings (SSSR count). The Morgan fingerprint density at radius 3 is 2.43 bits per heavy atom. The number of piperidine rings is 1. The van der Waals surface area contributed by atoms with Crippen LogP contribution in [0.25, 0.3) is 0 Å². The summed E-state index contributed by atoms with van der Waals surface area (Å²) >= 11 is 0. The van der Waals surface area contributed by atoms with Crippen LogP contribution in [0.3, 0.4) is 0 Å². The molecule has 3 nitrogen and oxygen atoms in total. The summed E-state index contributed by atoms with van der Waals surface area (Å²) in [6, 6.07) is 0.148. The zero-order chi connectivity index (χ0) is 10.9. The van der Waals surface area contributed by atoms with Gasteiger partial charge in [-0.1, -0.05) is 27.7 Å². The highest BCUT2D eigenvalue weighted by atomic mass is 16.2. The molecule has 2 unspecified atom stereocenters. The van der Waals surface area contributed by atoms with E-state index < -0.39 is 0 Å². The van der Waals surface area contributed by atoms with Crippen molar-refractivity contribution < 1.29 is 4.79 Å². The third-order valence-corrected chi connectivity index (χ3v) is 2.95. The number of carbonyl (C=O) groups is 1. The first-order valence-electron chi connectivity index (χ1n) is 5.37. The van der Waals surface area contributed by atoms with Gasteiger partial charge in [0, 0.05) is 24.5 Å². The summed E-state index contributed by atoms with van der Waals surface area (Å²) < 4.78 is 0. The lowest BCUT2D eigenvalue weighted by Gasteiger charge is -2.38. The van der Waals surface area contributed by atoms with Gasteiger partial charge in [0.05, 0.1) is 0 Å². The molecule has 0 aromatic rings. The van der Waals surface area contributed by atoms with Gasteiger partial charge in [-0.05, 0) is 12.3 Å². The lowest BCUT2D eigenvalue weighted by Crippen LogP contribution is -2.52. The molecule has 3 heteroatoms. The van der Waals surface area contributed by atoms with E-state index in [1.54, 1.807) is 0 Å². The van der Waals surface area contributed by atoms with Crippen LogP contribution >= 0.6 is 0 Å². The number of carbonyl (C=O) groups excluding carboxylic acids is 1. The Morgan fingerprint density at radius 1 is 1.43 bits per heavy atom. The third-order valence-electron chi connectivity index (χ3n) is 2.95. The van der Waals surface area contributed by atoms with Crippen LogP contribution < -0.4 is 5.73 Å². The van der Waals surface area contributed by atoms with Crippen molar-refractivity contribution in [3.05, 3.63) is 0 Å². The topological polar surface area (TPSA) is 46.3 Å². The van der Waals surface area contributed by atoms with E-state index in [0.717, 1.165) is 19.5 Å². The summed E-state index contributed by atoms with van der Waals surface area (Å²) in [5.41, 5.74) is 5.68. The Hall–Kier alpha value is -0.570. The van der Waals surface area contributed by atoms with Crippen molar-refractivity contribution in [2.24, 2.45) is 17.1 Å². The summed E-state index contributed by atoms with van der Waals surface area (Å²) in [6.07, 6.45) is 1.03. The van der Waals surface area contributed by atoms with Crippen molar-refractivity contribution >= 4 is 5.91 Å². The van der Waals surface area contributed by atoms with Crippen LogP contribution in [0, 0.1) is 11.3 Å². The smallest absolute Gasteiger partial charge is 0.227 e. The summed E-state index contributed by atoms with van der Waals surface area (Å²) in [4.78, 5) is 13.8. The number of likely N-dealkylation sites (tertiary alicyclic amines) is 1. The van der Waals surface area contributed by atoms with E-state index in [4.69, 9.17) is 5.73 Å². The maximum Gasteiger partial charge on any atom is 0.227 e. The molecule has 0 aliphatic carbocycles. The molecule has 14 heavy (non-hydrogen) atoms. The Balaban J connectivity index is 2.59. The van der Waals surface area contributed by atoms with E-state index in [0.29, 0.717) is 5.92 Å². The van der Waals surface area contributed by atoms with Gasteiger partial charge in [-0.15, -0.1) is 0 Å². The molecular weight excluding hydrogens is 176 g/mol. The molecule has 1 aliphatic heterocycles. The van der Waals surface area contributed by atoms with Crippen LogP contribution in [-0.4, -0.2) is 29.9 Å². The molecule has 1 fully saturated rings. The van der Waals surface area contributed by atoms with E-state index in [9.17, 15) is 4.79 Å². The first-order valence-corrected chi connectivity index (χ1v) is 5.37. The molecule has 1 amide bonds. The predicted octanol–water partition coefficient (Wildman–Crippen LogP) is 1.23. The Bertz CT molecular complexity index is 220. The Labute approximate surface area is 86.6 Å². The first kappa shape index (κ1) is 11.5. The summed E-state index contributed by atoms with van der Waals surface area (Å²) in [6.45, 7) is 9.61. The van der Waals surface area contributed by atoms with E-state index in [1.807, 2.05) is 25.7 Å². The minimum atomic E-state index is -0.277. The predicted molar refractivity (Wildman–Crippen MR) is 57.8 cm³/mol. The van der Waals surface area contributed by atoms with Crippen LogP contribution in [0.1, 0.15) is 34.1 Å². The minimum absolute atomic E-state index is 0.148. The molecule has 1 aliphatic rings. The number of hydrogen-bond acceptors (Lipinski definition) is 2. The van der Waals surface area contributed by atoms with Crippen LogP contribution in [0.4, 0.5) is 0 Å². The Kier molecular flexibility index (Phi) is 3.20. The fraction of sp³-hybridized carbons (Fsp3) is 0.909. The molecule has 2 atom stereocenters. The van der Waals surface area contributed by atoms with Gasteiger partial charge in [0.25, 0.3) is 0 Å². The van der Waals surface area contributed by atoms with Gasteiger partial charge in [0.2, 0.25) is 5.91 Å². The fourth-order valence-corrected chi connectivity index (χ4v) is 1.76. The van der Waals surface area contributed by atoms with Gasteiger partial charge >= 0.3 is 0 Å². The molecule has 0 bridgehead atoms. The molecular formula is C11H22N2O. The average molecular weight is 198 g/mol. The SMILES string of the molecule is CC1CCN(C(=O)C(C)(C)C)CC1N. The van der Waals surface area contributed by atoms with Crippen molar-refractivity contribution in [2.75, 3.05) is 13.1 Å². The number of rotatable bonds is 0. The molecule has 2 N–H and O–H groups in total. The Morgan fingerprint density at radius 2 is 2.00 bits per heavy atom. The van der Waals surface area contributed by atoms with Crippen molar-refractivity contribution in [3.63, 3.8) is 0 Å². The van der Waals surface area contributed by atoms with Crippen molar-refractivity contribution in [1.82, 2.24) is 4.90 Å². The average Bonchev–Trinajstić information content (AvgIpc) is 2.07. The van der Waals surface area contributed by atoms with E-state index >= 15 is 0 Å². The summed E-state index contributed by atoms with van der Waals surface area (Å²) in [7, 11) is 0. The van der Waals surface area contributed by atoms with Crippen LogP contribution in [0.5, 0.6) is 0 Å². The summed E-state index contributed by atoms with van der Waals surface area (Å²) in [5, 5.41) is 0. The van der Waals surface area contributed by atoms with Crippen LogP contribution in [0.2, 0.25) is 0 Å². The quantitative estimate of drug-likeness (QED) is 0.636. The molecule has 0 spiro atoms. The van der Waals surface area contributed by atoms with Crippen LogP contribution in [0.15, 0.2) is 0 Å². The van der Waals surface area contributed by atoms with Gasteiger partial charge in [-0.3, -0.25) is 4.79 Å². The molecule has 1 saturated heterocycles. The first-order chi connectivity index (χ1) is 6.32. The maximum absolute atomic E-state index is 11.9. The van der Waals surface area contributed by atoms with E-state index in [-0.39, 0.29) is 17.4 Å². The number of nitrogens with two attached hydrogens (primary N) is 1. The second-order valence-electron chi connectivity index (χ2n) is 5.43. The van der Waals surface area contributed by atoms with Crippen molar-refractivity contribution in [3.8, 4) is 0 Å². The van der Waals surface area contributed by atoms with E-state index in [1.165, 1.54) is 0 Å². The number of nitrogens with zero attached hydrogens (tertiary/aromatic N) is 1. The van der Waals surface area contributed by atoms with Gasteiger partial charge < -0.3 is 10.6 Å². The van der Waals surface area contributed by atoms with Gasteiger partial charge in [0.15, 0.2) is 0 Å². The van der Waals surface area contributed by atoms with E-state index in [2.05, 4.69) is 6.92 Å². The minimum Gasteiger partial charge on any atom is -0.341 e. The monoisotopic (exact) mass is 198 g/mol. The van der Waals surface area contributed by atoms with Gasteiger partial charge in [-0.2, -0.15) is 0 Å². The van der Waals surface area contributed by atoms with Crippen molar-refractivity contribution in [1.29, 1.82) is 0 Å².